The zero-order valence-electron chi connectivity index (χ0n) is 13.7. The van der Waals surface area contributed by atoms with Crippen molar-refractivity contribution in [1.82, 2.24) is 19.7 Å². The lowest BCUT2D eigenvalue weighted by molar-refractivity contribution is 0.101. The van der Waals surface area contributed by atoms with Crippen LogP contribution < -0.4 is 5.32 Å². The molecule has 0 spiro atoms. The first-order chi connectivity index (χ1) is 10.8. The molecule has 2 heterocycles. The van der Waals surface area contributed by atoms with E-state index in [0.717, 1.165) is 16.7 Å². The fourth-order valence-corrected chi connectivity index (χ4v) is 2.28. The van der Waals surface area contributed by atoms with E-state index in [1.54, 1.807) is 30.2 Å². The Hall–Kier alpha value is -2.76. The van der Waals surface area contributed by atoms with Crippen LogP contribution in [0.25, 0.3) is 11.0 Å². The Morgan fingerprint density at radius 3 is 2.43 bits per heavy atom. The van der Waals surface area contributed by atoms with Crippen LogP contribution in [0.5, 0.6) is 0 Å². The standard InChI is InChI=1S/C17H19N5O/c1-17(2,3)15-10-14(22(4)21-15)16(23)20-11-5-6-12-13(9-11)19-8-7-18-12/h5-10H,1-4H3,(H,20,23). The number of carbonyl (C=O) groups excluding carboxylic acids is 1. The summed E-state index contributed by atoms with van der Waals surface area (Å²) in [4.78, 5) is 21.0. The highest BCUT2D eigenvalue weighted by atomic mass is 16.2. The van der Waals surface area contributed by atoms with Crippen molar-refractivity contribution in [1.29, 1.82) is 0 Å². The van der Waals surface area contributed by atoms with Gasteiger partial charge in [-0.2, -0.15) is 5.10 Å². The summed E-state index contributed by atoms with van der Waals surface area (Å²) in [5, 5.41) is 7.32. The highest BCUT2D eigenvalue weighted by Gasteiger charge is 2.21. The molecule has 23 heavy (non-hydrogen) atoms. The van der Waals surface area contributed by atoms with Gasteiger partial charge in [0.05, 0.1) is 16.7 Å². The highest BCUT2D eigenvalue weighted by molar-refractivity contribution is 6.03. The van der Waals surface area contributed by atoms with Crippen LogP contribution in [0.1, 0.15) is 37.0 Å². The number of benzene rings is 1. The number of anilines is 1. The number of carbonyl (C=O) groups is 1. The van der Waals surface area contributed by atoms with Gasteiger partial charge >= 0.3 is 0 Å². The molecule has 6 heteroatoms. The summed E-state index contributed by atoms with van der Waals surface area (Å²) in [5.74, 6) is -0.196. The van der Waals surface area contributed by atoms with Gasteiger partial charge in [-0.1, -0.05) is 20.8 Å². The molecule has 0 saturated heterocycles. The summed E-state index contributed by atoms with van der Waals surface area (Å²) < 4.78 is 1.61. The van der Waals surface area contributed by atoms with Gasteiger partial charge in [0.15, 0.2) is 0 Å². The summed E-state index contributed by atoms with van der Waals surface area (Å²) in [6.45, 7) is 6.21. The number of aromatic nitrogens is 4. The Balaban J connectivity index is 1.87. The lowest BCUT2D eigenvalue weighted by atomic mass is 9.92. The van der Waals surface area contributed by atoms with Gasteiger partial charge in [0.2, 0.25) is 0 Å². The van der Waals surface area contributed by atoms with E-state index in [1.165, 1.54) is 0 Å². The van der Waals surface area contributed by atoms with Gasteiger partial charge in [-0.3, -0.25) is 19.4 Å². The monoisotopic (exact) mass is 309 g/mol. The maximum Gasteiger partial charge on any atom is 0.273 e. The molecular weight excluding hydrogens is 290 g/mol. The van der Waals surface area contributed by atoms with Gasteiger partial charge in [-0.25, -0.2) is 0 Å². The molecule has 118 valence electrons. The molecule has 0 radical (unpaired) electrons. The Kier molecular flexibility index (Phi) is 3.60. The Labute approximate surface area is 134 Å². The van der Waals surface area contributed by atoms with Crippen LogP contribution in [-0.4, -0.2) is 25.7 Å². The fourth-order valence-electron chi connectivity index (χ4n) is 2.28. The molecule has 0 fully saturated rings. The topological polar surface area (TPSA) is 72.7 Å². The first-order valence-electron chi connectivity index (χ1n) is 7.41. The average Bonchev–Trinajstić information content (AvgIpc) is 2.89. The number of hydrogen-bond acceptors (Lipinski definition) is 4. The molecule has 0 aliphatic carbocycles. The Morgan fingerprint density at radius 1 is 1.09 bits per heavy atom. The SMILES string of the molecule is Cn1nc(C(C)(C)C)cc1C(=O)Nc1ccc2nccnc2c1. The molecule has 0 saturated carbocycles. The van der Waals surface area contributed by atoms with Crippen LogP contribution >= 0.6 is 0 Å². The smallest absolute Gasteiger partial charge is 0.273 e. The van der Waals surface area contributed by atoms with E-state index in [1.807, 2.05) is 18.2 Å². The normalized spacial score (nSPS) is 11.7. The lowest BCUT2D eigenvalue weighted by Crippen LogP contribution is -2.16. The molecule has 3 aromatic rings. The predicted molar refractivity (Wildman–Crippen MR) is 89.4 cm³/mol. The van der Waals surface area contributed by atoms with Crippen molar-refractivity contribution >= 4 is 22.6 Å². The van der Waals surface area contributed by atoms with Crippen molar-refractivity contribution < 1.29 is 4.79 Å². The van der Waals surface area contributed by atoms with Crippen molar-refractivity contribution in [3.63, 3.8) is 0 Å². The minimum atomic E-state index is -0.196. The van der Waals surface area contributed by atoms with E-state index in [2.05, 4.69) is 41.2 Å². The molecule has 1 aromatic carbocycles. The third-order valence-electron chi connectivity index (χ3n) is 3.61. The van der Waals surface area contributed by atoms with E-state index in [-0.39, 0.29) is 11.3 Å². The van der Waals surface area contributed by atoms with Crippen molar-refractivity contribution in [3.05, 3.63) is 48.0 Å². The number of nitrogens with zero attached hydrogens (tertiary/aromatic N) is 4. The maximum absolute atomic E-state index is 12.5. The number of hydrogen-bond donors (Lipinski definition) is 1. The molecule has 0 atom stereocenters. The molecule has 0 bridgehead atoms. The summed E-state index contributed by atoms with van der Waals surface area (Å²) in [6, 6.07) is 7.29. The molecule has 0 unspecified atom stereocenters. The summed E-state index contributed by atoms with van der Waals surface area (Å²) in [7, 11) is 1.77. The summed E-state index contributed by atoms with van der Waals surface area (Å²) >= 11 is 0. The molecule has 6 nitrogen and oxygen atoms in total. The van der Waals surface area contributed by atoms with Crippen molar-refractivity contribution in [3.8, 4) is 0 Å². The minimum absolute atomic E-state index is 0.102. The van der Waals surface area contributed by atoms with E-state index in [9.17, 15) is 4.79 Å². The van der Waals surface area contributed by atoms with Gasteiger partial charge in [0.1, 0.15) is 5.69 Å². The molecule has 2 aromatic heterocycles. The van der Waals surface area contributed by atoms with Gasteiger partial charge in [0, 0.05) is 30.5 Å². The predicted octanol–water partition coefficient (Wildman–Crippen LogP) is 2.91. The maximum atomic E-state index is 12.5. The van der Waals surface area contributed by atoms with E-state index >= 15 is 0 Å². The molecule has 0 aliphatic rings. The second kappa shape index (κ2) is 5.46. The lowest BCUT2D eigenvalue weighted by Gasteiger charge is -2.13. The summed E-state index contributed by atoms with van der Waals surface area (Å²) in [5.41, 5.74) is 3.52. The largest absolute Gasteiger partial charge is 0.321 e. The number of nitrogens with one attached hydrogen (secondary N) is 1. The van der Waals surface area contributed by atoms with E-state index < -0.39 is 0 Å². The second-order valence-corrected chi connectivity index (χ2v) is 6.50. The van der Waals surface area contributed by atoms with Gasteiger partial charge in [-0.15, -0.1) is 0 Å². The van der Waals surface area contributed by atoms with E-state index in [0.29, 0.717) is 11.4 Å². The van der Waals surface area contributed by atoms with Gasteiger partial charge < -0.3 is 5.32 Å². The zero-order valence-corrected chi connectivity index (χ0v) is 13.7. The van der Waals surface area contributed by atoms with Crippen LogP contribution in [-0.2, 0) is 12.5 Å². The van der Waals surface area contributed by atoms with Crippen LogP contribution in [0.2, 0.25) is 0 Å². The minimum Gasteiger partial charge on any atom is -0.321 e. The Bertz CT molecular complexity index is 876. The number of fused-ring (bicyclic) bond motifs is 1. The highest BCUT2D eigenvalue weighted by Crippen LogP contribution is 2.22. The first-order valence-corrected chi connectivity index (χ1v) is 7.41. The van der Waals surface area contributed by atoms with Crippen LogP contribution in [0.3, 0.4) is 0 Å². The van der Waals surface area contributed by atoms with Crippen molar-refractivity contribution in [2.75, 3.05) is 5.32 Å². The molecule has 3 rings (SSSR count). The van der Waals surface area contributed by atoms with Gasteiger partial charge in [-0.05, 0) is 24.3 Å². The molecule has 1 amide bonds. The number of aryl methyl sites for hydroxylation is 1. The molecule has 0 aliphatic heterocycles. The fraction of sp³-hybridized carbons (Fsp3) is 0.294. The number of amides is 1. The van der Waals surface area contributed by atoms with Crippen LogP contribution in [0.4, 0.5) is 5.69 Å². The quantitative estimate of drug-likeness (QED) is 0.790. The Morgan fingerprint density at radius 2 is 1.78 bits per heavy atom. The van der Waals surface area contributed by atoms with E-state index in [4.69, 9.17) is 0 Å². The van der Waals surface area contributed by atoms with Crippen molar-refractivity contribution in [2.24, 2.45) is 7.05 Å². The van der Waals surface area contributed by atoms with Crippen LogP contribution in [0, 0.1) is 0 Å². The number of rotatable bonds is 2. The average molecular weight is 309 g/mol. The van der Waals surface area contributed by atoms with Crippen LogP contribution in [0.15, 0.2) is 36.7 Å². The molecular formula is C17H19N5O. The van der Waals surface area contributed by atoms with Gasteiger partial charge in [0.25, 0.3) is 5.91 Å². The third-order valence-corrected chi connectivity index (χ3v) is 3.61. The second-order valence-electron chi connectivity index (χ2n) is 6.50. The molecule has 1 N–H and O–H groups in total. The first kappa shape index (κ1) is 15.1. The zero-order chi connectivity index (χ0) is 16.6. The summed E-state index contributed by atoms with van der Waals surface area (Å²) in [6.07, 6.45) is 3.27. The van der Waals surface area contributed by atoms with Crippen molar-refractivity contribution in [2.45, 2.75) is 26.2 Å². The third kappa shape index (κ3) is 3.06.